The molecular weight excluding hydrogens is 456 g/mol. The molecule has 2 fully saturated rings. The van der Waals surface area contributed by atoms with Crippen LogP contribution in [-0.4, -0.2) is 49.0 Å². The summed E-state index contributed by atoms with van der Waals surface area (Å²) in [5.74, 6) is 6.33. The number of thioether (sulfide) groups is 1. The topological polar surface area (TPSA) is 96.1 Å². The van der Waals surface area contributed by atoms with E-state index in [1.54, 1.807) is 6.92 Å². The average molecular weight is 485 g/mol. The van der Waals surface area contributed by atoms with Crippen molar-refractivity contribution >= 4 is 29.2 Å². The van der Waals surface area contributed by atoms with Crippen LogP contribution in [0.25, 0.3) is 0 Å². The zero-order valence-corrected chi connectivity index (χ0v) is 20.9. The van der Waals surface area contributed by atoms with Crippen molar-refractivity contribution in [2.24, 2.45) is 0 Å². The largest absolute Gasteiger partial charge is 0.354 e. The highest BCUT2D eigenvalue weighted by molar-refractivity contribution is 7.98. The van der Waals surface area contributed by atoms with E-state index in [0.717, 1.165) is 62.4 Å². The Balaban J connectivity index is 1.61. The molecule has 2 aromatic rings. The van der Waals surface area contributed by atoms with E-state index in [0.29, 0.717) is 27.6 Å². The first-order chi connectivity index (χ1) is 17.0. The summed E-state index contributed by atoms with van der Waals surface area (Å²) in [5.41, 5.74) is 3.75. The number of nitrogens with one attached hydrogen (secondary N) is 1. The maximum atomic E-state index is 11.7. The van der Waals surface area contributed by atoms with Crippen molar-refractivity contribution in [2.45, 2.75) is 42.9 Å². The van der Waals surface area contributed by atoms with Crippen LogP contribution in [0, 0.1) is 34.5 Å². The summed E-state index contributed by atoms with van der Waals surface area (Å²) in [7, 11) is 2.12. The van der Waals surface area contributed by atoms with Crippen LogP contribution in [0.1, 0.15) is 54.4 Å². The lowest BCUT2D eigenvalue weighted by atomic mass is 9.99. The number of rotatable bonds is 6. The fourth-order valence-corrected chi connectivity index (χ4v) is 5.22. The maximum absolute atomic E-state index is 11.7. The standard InChI is InChI=1S/C27H28N6OS/c1-3-5-24(34)30-21-10-6-19(7-11-21)18-35-27-23(17-29)25(20-8-9-20)22(16-28)26(31-27)33-13-4-12-32(2)14-15-33/h6-7,10-11,20H,4,8-9,12-15,18H2,1-2H3,(H,30,34). The molecule has 178 valence electrons. The van der Waals surface area contributed by atoms with E-state index in [1.807, 2.05) is 24.3 Å². The lowest BCUT2D eigenvalue weighted by Gasteiger charge is -2.25. The summed E-state index contributed by atoms with van der Waals surface area (Å²) >= 11 is 1.53. The number of hydrogen-bond acceptors (Lipinski definition) is 7. The normalized spacial score (nSPS) is 15.8. The van der Waals surface area contributed by atoms with Gasteiger partial charge in [-0.15, -0.1) is 11.8 Å². The molecule has 1 saturated heterocycles. The molecule has 4 rings (SSSR count). The molecule has 0 unspecified atom stereocenters. The molecule has 1 N–H and O–H groups in total. The molecule has 0 spiro atoms. The summed E-state index contributed by atoms with van der Waals surface area (Å²) in [4.78, 5) is 21.1. The molecule has 1 aromatic carbocycles. The Morgan fingerprint density at radius 1 is 1.11 bits per heavy atom. The van der Waals surface area contributed by atoms with Crippen molar-refractivity contribution in [3.8, 4) is 24.0 Å². The SMILES string of the molecule is CC#CC(=O)Nc1ccc(CSc2nc(N3CCCN(C)CC3)c(C#N)c(C3CC3)c2C#N)cc1. The van der Waals surface area contributed by atoms with E-state index in [4.69, 9.17) is 4.98 Å². The first-order valence-corrected chi connectivity index (χ1v) is 12.8. The number of pyridine rings is 1. The number of benzene rings is 1. The van der Waals surface area contributed by atoms with Gasteiger partial charge in [-0.3, -0.25) is 4.79 Å². The molecule has 0 radical (unpaired) electrons. The van der Waals surface area contributed by atoms with Gasteiger partial charge in [-0.05, 0) is 74.9 Å². The van der Waals surface area contributed by atoms with Crippen LogP contribution in [0.3, 0.4) is 0 Å². The zero-order valence-electron chi connectivity index (χ0n) is 20.1. The lowest BCUT2D eigenvalue weighted by Crippen LogP contribution is -2.30. The molecule has 1 aromatic heterocycles. The van der Waals surface area contributed by atoms with E-state index in [2.05, 4.69) is 46.1 Å². The van der Waals surface area contributed by atoms with Crippen molar-refractivity contribution in [1.82, 2.24) is 9.88 Å². The van der Waals surface area contributed by atoms with Gasteiger partial charge >= 0.3 is 0 Å². The molecule has 7 nitrogen and oxygen atoms in total. The minimum absolute atomic E-state index is 0.268. The molecule has 1 aliphatic carbocycles. The number of hydrogen-bond donors (Lipinski definition) is 1. The second-order valence-corrected chi connectivity index (χ2v) is 9.82. The zero-order chi connectivity index (χ0) is 24.8. The number of carbonyl (C=O) groups excluding carboxylic acids is 1. The smallest absolute Gasteiger partial charge is 0.300 e. The van der Waals surface area contributed by atoms with Crippen LogP contribution < -0.4 is 10.2 Å². The Labute approximate surface area is 211 Å². The van der Waals surface area contributed by atoms with Gasteiger partial charge in [0.2, 0.25) is 0 Å². The molecule has 2 aliphatic rings. The first kappa shape index (κ1) is 24.6. The van der Waals surface area contributed by atoms with Crippen LogP contribution in [0.15, 0.2) is 29.3 Å². The first-order valence-electron chi connectivity index (χ1n) is 11.8. The van der Waals surface area contributed by atoms with Crippen LogP contribution in [-0.2, 0) is 10.5 Å². The molecule has 8 heteroatoms. The number of aromatic nitrogens is 1. The van der Waals surface area contributed by atoms with Gasteiger partial charge in [-0.1, -0.05) is 18.1 Å². The third-order valence-corrected chi connectivity index (χ3v) is 7.28. The number of carbonyl (C=O) groups is 1. The Morgan fingerprint density at radius 3 is 2.51 bits per heavy atom. The highest BCUT2D eigenvalue weighted by atomic mass is 32.2. The van der Waals surface area contributed by atoms with Crippen LogP contribution in [0.4, 0.5) is 11.5 Å². The van der Waals surface area contributed by atoms with E-state index in [1.165, 1.54) is 11.8 Å². The molecule has 2 heterocycles. The predicted molar refractivity (Wildman–Crippen MR) is 138 cm³/mol. The average Bonchev–Trinajstić information content (AvgIpc) is 3.71. The Hall–Kier alpha value is -3.51. The van der Waals surface area contributed by atoms with Gasteiger partial charge in [0, 0.05) is 31.1 Å². The monoisotopic (exact) mass is 484 g/mol. The molecule has 1 saturated carbocycles. The highest BCUT2D eigenvalue weighted by Crippen LogP contribution is 2.47. The van der Waals surface area contributed by atoms with Gasteiger partial charge in [-0.25, -0.2) is 4.98 Å². The van der Waals surface area contributed by atoms with Crippen molar-refractivity contribution in [3.05, 3.63) is 46.5 Å². The number of amides is 1. The summed E-state index contributed by atoms with van der Waals surface area (Å²) in [6.07, 6.45) is 3.03. The second-order valence-electron chi connectivity index (χ2n) is 8.86. The van der Waals surface area contributed by atoms with Crippen LogP contribution in [0.2, 0.25) is 0 Å². The molecule has 1 amide bonds. The van der Waals surface area contributed by atoms with Crippen molar-refractivity contribution < 1.29 is 4.79 Å². The van der Waals surface area contributed by atoms with Gasteiger partial charge in [0.1, 0.15) is 23.0 Å². The molecular formula is C27H28N6OS. The maximum Gasteiger partial charge on any atom is 0.300 e. The predicted octanol–water partition coefficient (Wildman–Crippen LogP) is 4.10. The number of anilines is 2. The molecule has 0 atom stereocenters. The summed E-state index contributed by atoms with van der Waals surface area (Å²) < 4.78 is 0. The fourth-order valence-electron chi connectivity index (χ4n) is 4.27. The number of likely N-dealkylation sites (N-methyl/N-ethyl adjacent to an activating group) is 1. The van der Waals surface area contributed by atoms with Gasteiger partial charge in [0.25, 0.3) is 5.91 Å². The third-order valence-electron chi connectivity index (χ3n) is 6.24. The van der Waals surface area contributed by atoms with E-state index >= 15 is 0 Å². The Morgan fingerprint density at radius 2 is 1.86 bits per heavy atom. The van der Waals surface area contributed by atoms with Gasteiger partial charge in [0.15, 0.2) is 0 Å². The summed E-state index contributed by atoms with van der Waals surface area (Å²) in [6, 6.07) is 12.4. The highest BCUT2D eigenvalue weighted by Gasteiger charge is 2.34. The van der Waals surface area contributed by atoms with Crippen LogP contribution in [0.5, 0.6) is 0 Å². The van der Waals surface area contributed by atoms with Gasteiger partial charge in [0.05, 0.1) is 11.1 Å². The fraction of sp³-hybridized carbons (Fsp3) is 0.407. The third kappa shape index (κ3) is 5.95. The van der Waals surface area contributed by atoms with Gasteiger partial charge < -0.3 is 15.1 Å². The van der Waals surface area contributed by atoms with Crippen molar-refractivity contribution in [1.29, 1.82) is 10.5 Å². The van der Waals surface area contributed by atoms with E-state index in [9.17, 15) is 15.3 Å². The second kappa shape index (κ2) is 11.3. The van der Waals surface area contributed by atoms with Crippen molar-refractivity contribution in [3.63, 3.8) is 0 Å². The van der Waals surface area contributed by atoms with Crippen molar-refractivity contribution in [2.75, 3.05) is 43.4 Å². The summed E-state index contributed by atoms with van der Waals surface area (Å²) in [5, 5.41) is 23.6. The minimum atomic E-state index is -0.338. The van der Waals surface area contributed by atoms with Crippen LogP contribution >= 0.6 is 11.8 Å². The van der Waals surface area contributed by atoms with Gasteiger partial charge in [-0.2, -0.15) is 10.5 Å². The minimum Gasteiger partial charge on any atom is -0.354 e. The lowest BCUT2D eigenvalue weighted by molar-refractivity contribution is -0.111. The van der Waals surface area contributed by atoms with E-state index < -0.39 is 0 Å². The quantitative estimate of drug-likeness (QED) is 0.487. The Bertz CT molecular complexity index is 1240. The summed E-state index contributed by atoms with van der Waals surface area (Å²) in [6.45, 7) is 5.22. The Kier molecular flexibility index (Phi) is 7.93. The number of nitrogens with zero attached hydrogens (tertiary/aromatic N) is 5. The number of nitriles is 2. The molecule has 35 heavy (non-hydrogen) atoms. The molecule has 1 aliphatic heterocycles. The van der Waals surface area contributed by atoms with E-state index in [-0.39, 0.29) is 11.8 Å². The molecule has 0 bridgehead atoms.